The quantitative estimate of drug-likeness (QED) is 0.882. The van der Waals surface area contributed by atoms with Gasteiger partial charge in [-0.3, -0.25) is 4.79 Å². The van der Waals surface area contributed by atoms with Gasteiger partial charge in [0.1, 0.15) is 0 Å². The average molecular weight is 293 g/mol. The molecule has 0 atom stereocenters. The van der Waals surface area contributed by atoms with Crippen LogP contribution in [0.4, 0.5) is 5.69 Å². The summed E-state index contributed by atoms with van der Waals surface area (Å²) >= 11 is 5.85. The fourth-order valence-corrected chi connectivity index (χ4v) is 2.06. The molecule has 1 aliphatic carbocycles. The highest BCUT2D eigenvalue weighted by molar-refractivity contribution is 6.31. The zero-order valence-corrected chi connectivity index (χ0v) is 11.4. The lowest BCUT2D eigenvalue weighted by Gasteiger charge is -2.08. The highest BCUT2D eigenvalue weighted by Crippen LogP contribution is 2.38. The van der Waals surface area contributed by atoms with Crippen LogP contribution in [-0.2, 0) is 6.54 Å². The van der Waals surface area contributed by atoms with E-state index in [9.17, 15) is 4.79 Å². The Kier molecular flexibility index (Phi) is 3.31. The zero-order chi connectivity index (χ0) is 14.1. The molecule has 0 bridgehead atoms. The molecule has 0 spiro atoms. The van der Waals surface area contributed by atoms with E-state index < -0.39 is 5.91 Å². The normalized spacial score (nSPS) is 14.2. The van der Waals surface area contributed by atoms with Crippen molar-refractivity contribution >= 4 is 23.2 Å². The Hall–Kier alpha value is -2.08. The molecule has 1 amide bonds. The largest absolute Gasteiger partial charge is 0.375 e. The van der Waals surface area contributed by atoms with Gasteiger partial charge >= 0.3 is 0 Å². The number of nitrogens with two attached hydrogens (primary N) is 1. The lowest BCUT2D eigenvalue weighted by Crippen LogP contribution is -2.14. The van der Waals surface area contributed by atoms with Crippen LogP contribution >= 0.6 is 11.6 Å². The molecular weight excluding hydrogens is 280 g/mol. The van der Waals surface area contributed by atoms with Crippen molar-refractivity contribution in [2.24, 2.45) is 5.73 Å². The number of nitrogens with zero attached hydrogens (tertiary/aromatic N) is 2. The van der Waals surface area contributed by atoms with E-state index in [4.69, 9.17) is 21.9 Å². The van der Waals surface area contributed by atoms with Gasteiger partial charge in [0.2, 0.25) is 5.89 Å². The monoisotopic (exact) mass is 292 g/mol. The van der Waals surface area contributed by atoms with Crippen LogP contribution in [-0.4, -0.2) is 16.0 Å². The molecule has 1 aromatic carbocycles. The summed E-state index contributed by atoms with van der Waals surface area (Å²) in [7, 11) is 0. The van der Waals surface area contributed by atoms with E-state index in [1.54, 1.807) is 12.1 Å². The Morgan fingerprint density at radius 2 is 2.30 bits per heavy atom. The summed E-state index contributed by atoms with van der Waals surface area (Å²) in [5.74, 6) is 1.15. The molecule has 3 rings (SSSR count). The van der Waals surface area contributed by atoms with Crippen LogP contribution in [0.2, 0.25) is 5.02 Å². The second-order valence-electron chi connectivity index (χ2n) is 4.73. The van der Waals surface area contributed by atoms with E-state index in [0.717, 1.165) is 18.7 Å². The number of carbonyl (C=O) groups excluding carboxylic acids is 1. The van der Waals surface area contributed by atoms with Crippen molar-refractivity contribution < 1.29 is 9.32 Å². The number of hydrogen-bond donors (Lipinski definition) is 2. The Labute approximate surface area is 120 Å². The first-order chi connectivity index (χ1) is 9.63. The number of anilines is 1. The molecule has 0 saturated heterocycles. The summed E-state index contributed by atoms with van der Waals surface area (Å²) in [6.45, 7) is 0.335. The summed E-state index contributed by atoms with van der Waals surface area (Å²) in [5, 5.41) is 7.43. The van der Waals surface area contributed by atoms with E-state index in [2.05, 4.69) is 15.5 Å². The highest BCUT2D eigenvalue weighted by atomic mass is 35.5. The molecule has 0 aliphatic heterocycles. The Morgan fingerprint density at radius 1 is 1.50 bits per heavy atom. The lowest BCUT2D eigenvalue weighted by atomic mass is 10.1. The van der Waals surface area contributed by atoms with Crippen molar-refractivity contribution in [2.45, 2.75) is 25.3 Å². The average Bonchev–Trinajstić information content (AvgIpc) is 3.17. The maximum Gasteiger partial charge on any atom is 0.250 e. The van der Waals surface area contributed by atoms with Gasteiger partial charge in [-0.1, -0.05) is 16.8 Å². The van der Waals surface area contributed by atoms with Gasteiger partial charge in [-0.25, -0.2) is 0 Å². The molecule has 1 heterocycles. The molecule has 1 saturated carbocycles. The summed E-state index contributed by atoms with van der Waals surface area (Å²) in [6, 6.07) is 4.90. The first-order valence-electron chi connectivity index (χ1n) is 6.29. The van der Waals surface area contributed by atoms with Gasteiger partial charge in [0.25, 0.3) is 5.91 Å². The van der Waals surface area contributed by atoms with Crippen molar-refractivity contribution in [3.05, 3.63) is 40.5 Å². The van der Waals surface area contributed by atoms with Crippen LogP contribution in [0.1, 0.15) is 40.8 Å². The molecule has 1 aliphatic rings. The first kappa shape index (κ1) is 12.9. The van der Waals surface area contributed by atoms with Gasteiger partial charge in [0.05, 0.1) is 12.1 Å². The fraction of sp³-hybridized carbons (Fsp3) is 0.308. The SMILES string of the molecule is NC(=O)c1cc(Cl)ccc1NCc1nc(C2CC2)no1. The molecule has 7 heteroatoms. The van der Waals surface area contributed by atoms with E-state index in [0.29, 0.717) is 34.6 Å². The van der Waals surface area contributed by atoms with Crippen molar-refractivity contribution in [1.29, 1.82) is 0 Å². The van der Waals surface area contributed by atoms with E-state index >= 15 is 0 Å². The summed E-state index contributed by atoms with van der Waals surface area (Å²) in [4.78, 5) is 15.7. The molecule has 1 fully saturated rings. The molecular formula is C13H13ClN4O2. The number of aromatic nitrogens is 2. The maximum absolute atomic E-state index is 11.4. The van der Waals surface area contributed by atoms with Crippen molar-refractivity contribution in [3.63, 3.8) is 0 Å². The lowest BCUT2D eigenvalue weighted by molar-refractivity contribution is 0.100. The number of halogens is 1. The summed E-state index contributed by atoms with van der Waals surface area (Å²) < 4.78 is 5.15. The van der Waals surface area contributed by atoms with Crippen molar-refractivity contribution in [3.8, 4) is 0 Å². The number of hydrogen-bond acceptors (Lipinski definition) is 5. The Morgan fingerprint density at radius 3 is 3.00 bits per heavy atom. The number of nitrogens with one attached hydrogen (secondary N) is 1. The third kappa shape index (κ3) is 2.75. The molecule has 6 nitrogen and oxygen atoms in total. The second kappa shape index (κ2) is 5.13. The number of amides is 1. The van der Waals surface area contributed by atoms with Gasteiger partial charge < -0.3 is 15.6 Å². The molecule has 0 unspecified atom stereocenters. The summed E-state index contributed by atoms with van der Waals surface area (Å²) in [6.07, 6.45) is 2.24. The van der Waals surface area contributed by atoms with E-state index in [-0.39, 0.29) is 0 Å². The summed E-state index contributed by atoms with van der Waals surface area (Å²) in [5.41, 5.74) is 6.24. The van der Waals surface area contributed by atoms with Gasteiger partial charge in [0.15, 0.2) is 5.82 Å². The van der Waals surface area contributed by atoms with Crippen LogP contribution in [0.5, 0.6) is 0 Å². The number of rotatable bonds is 5. The van der Waals surface area contributed by atoms with Crippen LogP contribution < -0.4 is 11.1 Å². The van der Waals surface area contributed by atoms with Crippen LogP contribution in [0.3, 0.4) is 0 Å². The van der Waals surface area contributed by atoms with Crippen LogP contribution in [0.25, 0.3) is 0 Å². The first-order valence-corrected chi connectivity index (χ1v) is 6.67. The Balaban J connectivity index is 1.72. The highest BCUT2D eigenvalue weighted by Gasteiger charge is 2.28. The van der Waals surface area contributed by atoms with Crippen LogP contribution in [0.15, 0.2) is 22.7 Å². The molecule has 3 N–H and O–H groups in total. The molecule has 1 aromatic heterocycles. The molecule has 104 valence electrons. The minimum atomic E-state index is -0.542. The Bertz CT molecular complexity index is 652. The molecule has 2 aromatic rings. The third-order valence-electron chi connectivity index (χ3n) is 3.10. The minimum absolute atomic E-state index is 0.333. The van der Waals surface area contributed by atoms with Gasteiger partial charge in [-0.2, -0.15) is 4.98 Å². The maximum atomic E-state index is 11.4. The molecule has 20 heavy (non-hydrogen) atoms. The van der Waals surface area contributed by atoms with E-state index in [1.165, 1.54) is 6.07 Å². The van der Waals surface area contributed by atoms with Crippen LogP contribution in [0, 0.1) is 0 Å². The van der Waals surface area contributed by atoms with Gasteiger partial charge in [0, 0.05) is 16.6 Å². The second-order valence-corrected chi connectivity index (χ2v) is 5.16. The minimum Gasteiger partial charge on any atom is -0.375 e. The third-order valence-corrected chi connectivity index (χ3v) is 3.34. The van der Waals surface area contributed by atoms with E-state index in [1.807, 2.05) is 0 Å². The predicted molar refractivity (Wildman–Crippen MR) is 73.6 cm³/mol. The van der Waals surface area contributed by atoms with Crippen molar-refractivity contribution in [2.75, 3.05) is 5.32 Å². The van der Waals surface area contributed by atoms with Crippen molar-refractivity contribution in [1.82, 2.24) is 10.1 Å². The number of primary amides is 1. The smallest absolute Gasteiger partial charge is 0.250 e. The van der Waals surface area contributed by atoms with Gasteiger partial charge in [-0.15, -0.1) is 0 Å². The number of benzene rings is 1. The van der Waals surface area contributed by atoms with Gasteiger partial charge in [-0.05, 0) is 31.0 Å². The topological polar surface area (TPSA) is 94.0 Å². The number of carbonyl (C=O) groups is 1. The molecule has 0 radical (unpaired) electrons. The predicted octanol–water partition coefficient (Wildman–Crippen LogP) is 2.31. The standard InChI is InChI=1S/C13H13ClN4O2/c14-8-3-4-10(9(5-8)12(15)19)16-6-11-17-13(18-20-11)7-1-2-7/h3-5,7,16H,1-2,6H2,(H2,15,19). The zero-order valence-electron chi connectivity index (χ0n) is 10.6. The fourth-order valence-electron chi connectivity index (χ4n) is 1.89.